The molecule has 0 fully saturated rings. The fourth-order valence-corrected chi connectivity index (χ4v) is 2.14. The minimum atomic E-state index is 0. The summed E-state index contributed by atoms with van der Waals surface area (Å²) in [4.78, 5) is 11.7. The molecular formula is C14H15Cl2N3. The number of hydrogen-bond acceptors (Lipinski definition) is 2. The first-order chi connectivity index (χ1) is 8.36. The molecule has 5 heteroatoms. The molecule has 1 aromatic carbocycles. The summed E-state index contributed by atoms with van der Waals surface area (Å²) in [5.41, 5.74) is 2.18. The summed E-state index contributed by atoms with van der Waals surface area (Å²) in [5.74, 6) is 0.226. The molecule has 0 amide bonds. The Kier molecular flexibility index (Phi) is 5.33. The number of aromatic amines is 1. The third kappa shape index (κ3) is 2.88. The lowest BCUT2D eigenvalue weighted by molar-refractivity contribution is 0.852. The lowest BCUT2D eigenvalue weighted by Crippen LogP contribution is -2.00. The summed E-state index contributed by atoms with van der Waals surface area (Å²) < 4.78 is 0. The van der Waals surface area contributed by atoms with Gasteiger partial charge in [-0.05, 0) is 11.5 Å². The van der Waals surface area contributed by atoms with E-state index in [9.17, 15) is 0 Å². The minimum Gasteiger partial charge on any atom is -0.348 e. The van der Waals surface area contributed by atoms with Gasteiger partial charge in [0, 0.05) is 29.4 Å². The van der Waals surface area contributed by atoms with Crippen molar-refractivity contribution >= 4 is 35.6 Å². The van der Waals surface area contributed by atoms with Crippen molar-refractivity contribution in [2.75, 3.05) is 0 Å². The van der Waals surface area contributed by atoms with E-state index in [1.54, 1.807) is 6.33 Å². The van der Waals surface area contributed by atoms with Gasteiger partial charge in [-0.2, -0.15) is 0 Å². The van der Waals surface area contributed by atoms with Crippen LogP contribution in [0.2, 0.25) is 0 Å². The lowest BCUT2D eigenvalue weighted by atomic mass is 9.98. The summed E-state index contributed by atoms with van der Waals surface area (Å²) in [6.45, 7) is 2.14. The van der Waals surface area contributed by atoms with Crippen LogP contribution in [0.15, 0.2) is 49.1 Å². The molecule has 100 valence electrons. The van der Waals surface area contributed by atoms with Crippen molar-refractivity contribution in [3.8, 4) is 0 Å². The second-order valence-electron chi connectivity index (χ2n) is 4.15. The van der Waals surface area contributed by atoms with Gasteiger partial charge in [0.25, 0.3) is 0 Å². The predicted molar refractivity (Wildman–Crippen MR) is 82.3 cm³/mol. The third-order valence-corrected chi connectivity index (χ3v) is 3.10. The maximum atomic E-state index is 4.51. The monoisotopic (exact) mass is 295 g/mol. The molecule has 1 atom stereocenters. The van der Waals surface area contributed by atoms with E-state index in [-0.39, 0.29) is 30.7 Å². The van der Waals surface area contributed by atoms with Gasteiger partial charge in [0.15, 0.2) is 0 Å². The van der Waals surface area contributed by atoms with Gasteiger partial charge in [0.2, 0.25) is 0 Å². The van der Waals surface area contributed by atoms with Crippen molar-refractivity contribution in [2.24, 2.45) is 0 Å². The maximum Gasteiger partial charge on any atom is 0.0921 e. The Morgan fingerprint density at radius 3 is 2.63 bits per heavy atom. The number of imidazole rings is 1. The maximum absolute atomic E-state index is 4.51. The number of nitrogens with zero attached hydrogens (tertiary/aromatic N) is 2. The molecule has 0 saturated carbocycles. The molecule has 0 saturated heterocycles. The second kappa shape index (κ2) is 6.55. The molecule has 0 aliphatic rings. The molecule has 3 rings (SSSR count). The van der Waals surface area contributed by atoms with Gasteiger partial charge in [-0.3, -0.25) is 4.98 Å². The SMILES string of the molecule is CC(c1cnc[nH]1)c1nccc2ccccc12.Cl.Cl. The molecule has 19 heavy (non-hydrogen) atoms. The Bertz CT molecular complexity index is 633. The number of H-pyrrole nitrogens is 1. The summed E-state index contributed by atoms with van der Waals surface area (Å²) in [6, 6.07) is 10.4. The van der Waals surface area contributed by atoms with E-state index in [1.165, 1.54) is 10.8 Å². The molecule has 0 bridgehead atoms. The third-order valence-electron chi connectivity index (χ3n) is 3.10. The number of benzene rings is 1. The Morgan fingerprint density at radius 1 is 1.11 bits per heavy atom. The highest BCUT2D eigenvalue weighted by atomic mass is 35.5. The van der Waals surface area contributed by atoms with Crippen LogP contribution in [-0.4, -0.2) is 15.0 Å². The molecular weight excluding hydrogens is 281 g/mol. The van der Waals surface area contributed by atoms with Crippen LogP contribution < -0.4 is 0 Å². The first-order valence-electron chi connectivity index (χ1n) is 5.68. The highest BCUT2D eigenvalue weighted by molar-refractivity contribution is 5.86. The molecule has 2 heterocycles. The molecule has 3 nitrogen and oxygen atoms in total. The molecule has 0 aliphatic heterocycles. The zero-order chi connectivity index (χ0) is 11.7. The topological polar surface area (TPSA) is 41.6 Å². The van der Waals surface area contributed by atoms with E-state index in [1.807, 2.05) is 30.6 Å². The number of pyridine rings is 1. The van der Waals surface area contributed by atoms with Crippen LogP contribution in [0, 0.1) is 0 Å². The van der Waals surface area contributed by atoms with Crippen molar-refractivity contribution in [2.45, 2.75) is 12.8 Å². The Labute approximate surface area is 124 Å². The van der Waals surface area contributed by atoms with Crippen LogP contribution in [0.5, 0.6) is 0 Å². The highest BCUT2D eigenvalue weighted by Crippen LogP contribution is 2.26. The van der Waals surface area contributed by atoms with Crippen LogP contribution in [0.1, 0.15) is 24.2 Å². The fourth-order valence-electron chi connectivity index (χ4n) is 2.14. The van der Waals surface area contributed by atoms with Gasteiger partial charge in [-0.15, -0.1) is 24.8 Å². The molecule has 0 radical (unpaired) electrons. The normalized spacial score (nSPS) is 11.4. The largest absolute Gasteiger partial charge is 0.348 e. The molecule has 1 unspecified atom stereocenters. The molecule has 1 N–H and O–H groups in total. The number of halogens is 2. The number of hydrogen-bond donors (Lipinski definition) is 1. The summed E-state index contributed by atoms with van der Waals surface area (Å²) >= 11 is 0. The Hall–Kier alpha value is -1.58. The van der Waals surface area contributed by atoms with Crippen LogP contribution >= 0.6 is 24.8 Å². The molecule has 0 spiro atoms. The standard InChI is InChI=1S/C14H13N3.2ClH/c1-10(13-8-15-9-17-13)14-12-5-3-2-4-11(12)6-7-16-14;;/h2-10H,1H3,(H,15,17);2*1H. The fraction of sp³-hybridized carbons (Fsp3) is 0.143. The number of fused-ring (bicyclic) bond motifs is 1. The van der Waals surface area contributed by atoms with Crippen LogP contribution in [0.4, 0.5) is 0 Å². The van der Waals surface area contributed by atoms with E-state index in [2.05, 4.69) is 34.0 Å². The zero-order valence-corrected chi connectivity index (χ0v) is 12.0. The number of nitrogens with one attached hydrogen (secondary N) is 1. The van der Waals surface area contributed by atoms with E-state index in [0.717, 1.165) is 11.4 Å². The zero-order valence-electron chi connectivity index (χ0n) is 10.4. The van der Waals surface area contributed by atoms with Crippen molar-refractivity contribution < 1.29 is 0 Å². The van der Waals surface area contributed by atoms with Gasteiger partial charge < -0.3 is 4.98 Å². The smallest absolute Gasteiger partial charge is 0.0921 e. The second-order valence-corrected chi connectivity index (χ2v) is 4.15. The van der Waals surface area contributed by atoms with E-state index in [4.69, 9.17) is 0 Å². The number of aromatic nitrogens is 3. The summed E-state index contributed by atoms with van der Waals surface area (Å²) in [5, 5.41) is 2.43. The van der Waals surface area contributed by atoms with E-state index < -0.39 is 0 Å². The van der Waals surface area contributed by atoms with Crippen LogP contribution in [-0.2, 0) is 0 Å². The quantitative estimate of drug-likeness (QED) is 0.778. The molecule has 2 aromatic heterocycles. The minimum absolute atomic E-state index is 0. The first-order valence-corrected chi connectivity index (χ1v) is 5.68. The van der Waals surface area contributed by atoms with Crippen molar-refractivity contribution in [3.05, 3.63) is 60.4 Å². The van der Waals surface area contributed by atoms with Crippen molar-refractivity contribution in [1.29, 1.82) is 0 Å². The van der Waals surface area contributed by atoms with Gasteiger partial charge in [-0.25, -0.2) is 4.98 Å². The average Bonchev–Trinajstić information content (AvgIpc) is 2.91. The van der Waals surface area contributed by atoms with Gasteiger partial charge >= 0.3 is 0 Å². The summed E-state index contributed by atoms with van der Waals surface area (Å²) in [6.07, 6.45) is 5.43. The Balaban J connectivity index is 0.000000902. The van der Waals surface area contributed by atoms with E-state index >= 15 is 0 Å². The number of rotatable bonds is 2. The van der Waals surface area contributed by atoms with E-state index in [0.29, 0.717) is 0 Å². The van der Waals surface area contributed by atoms with Crippen molar-refractivity contribution in [3.63, 3.8) is 0 Å². The molecule has 3 aromatic rings. The van der Waals surface area contributed by atoms with Crippen molar-refractivity contribution in [1.82, 2.24) is 15.0 Å². The lowest BCUT2D eigenvalue weighted by Gasteiger charge is -2.11. The van der Waals surface area contributed by atoms with Gasteiger partial charge in [0.1, 0.15) is 0 Å². The van der Waals surface area contributed by atoms with Crippen LogP contribution in [0.3, 0.4) is 0 Å². The first kappa shape index (κ1) is 15.5. The Morgan fingerprint density at radius 2 is 1.89 bits per heavy atom. The van der Waals surface area contributed by atoms with Crippen LogP contribution in [0.25, 0.3) is 10.8 Å². The molecule has 0 aliphatic carbocycles. The predicted octanol–water partition coefficient (Wildman–Crippen LogP) is 3.95. The van der Waals surface area contributed by atoms with Gasteiger partial charge in [0.05, 0.1) is 12.0 Å². The van der Waals surface area contributed by atoms with Gasteiger partial charge in [-0.1, -0.05) is 31.2 Å². The average molecular weight is 296 g/mol. The summed E-state index contributed by atoms with van der Waals surface area (Å²) in [7, 11) is 0. The highest BCUT2D eigenvalue weighted by Gasteiger charge is 2.13.